The number of nitrogens with zero attached hydrogens (tertiary/aromatic N) is 1. The summed E-state index contributed by atoms with van der Waals surface area (Å²) in [5.41, 5.74) is 6.19. The first-order valence-electron chi connectivity index (χ1n) is 5.27. The zero-order valence-corrected chi connectivity index (χ0v) is 10.1. The summed E-state index contributed by atoms with van der Waals surface area (Å²) < 4.78 is 0. The Balaban J connectivity index is 2.11. The Bertz CT molecular complexity index is 408. The summed E-state index contributed by atoms with van der Waals surface area (Å²) in [6.45, 7) is 4.04. The summed E-state index contributed by atoms with van der Waals surface area (Å²) in [4.78, 5) is 4.14. The fourth-order valence-electron chi connectivity index (χ4n) is 1.89. The molecule has 16 heavy (non-hydrogen) atoms. The Kier molecular flexibility index (Phi) is 2.72. The summed E-state index contributed by atoms with van der Waals surface area (Å²) in [7, 11) is 0. The number of hydrogen-bond acceptors (Lipinski definition) is 4. The SMILES string of the molecule is CC1(C)C(O)CC1Nc1ncc(Cl)cc1N. The normalized spacial score (nSPS) is 27.2. The third-order valence-corrected chi connectivity index (χ3v) is 3.62. The van der Waals surface area contributed by atoms with E-state index >= 15 is 0 Å². The third-order valence-electron chi connectivity index (χ3n) is 3.41. The maximum atomic E-state index is 9.62. The summed E-state index contributed by atoms with van der Waals surface area (Å²) in [5.74, 6) is 0.634. The number of rotatable bonds is 2. The van der Waals surface area contributed by atoms with Crippen molar-refractivity contribution in [2.24, 2.45) is 5.41 Å². The van der Waals surface area contributed by atoms with Gasteiger partial charge in [0.15, 0.2) is 0 Å². The zero-order chi connectivity index (χ0) is 11.9. The molecule has 0 spiro atoms. The van der Waals surface area contributed by atoms with E-state index in [9.17, 15) is 5.11 Å². The van der Waals surface area contributed by atoms with E-state index in [0.29, 0.717) is 16.5 Å². The average molecular weight is 242 g/mol. The highest BCUT2D eigenvalue weighted by molar-refractivity contribution is 6.30. The van der Waals surface area contributed by atoms with E-state index in [1.54, 1.807) is 12.3 Å². The average Bonchev–Trinajstić information content (AvgIpc) is 2.21. The smallest absolute Gasteiger partial charge is 0.149 e. The van der Waals surface area contributed by atoms with Gasteiger partial charge in [-0.25, -0.2) is 4.98 Å². The van der Waals surface area contributed by atoms with E-state index in [2.05, 4.69) is 10.3 Å². The van der Waals surface area contributed by atoms with Crippen LogP contribution in [0.3, 0.4) is 0 Å². The summed E-state index contributed by atoms with van der Waals surface area (Å²) >= 11 is 5.77. The van der Waals surface area contributed by atoms with Gasteiger partial charge >= 0.3 is 0 Å². The minimum atomic E-state index is -0.265. The van der Waals surface area contributed by atoms with Gasteiger partial charge in [0, 0.05) is 17.7 Å². The second kappa shape index (κ2) is 3.79. The lowest BCUT2D eigenvalue weighted by molar-refractivity contribution is -0.0511. The molecule has 5 heteroatoms. The maximum absolute atomic E-state index is 9.62. The van der Waals surface area contributed by atoms with Gasteiger partial charge in [-0.15, -0.1) is 0 Å². The van der Waals surface area contributed by atoms with Gasteiger partial charge in [0.25, 0.3) is 0 Å². The highest BCUT2D eigenvalue weighted by Gasteiger charge is 2.47. The fourth-order valence-corrected chi connectivity index (χ4v) is 2.05. The minimum Gasteiger partial charge on any atom is -0.396 e. The fraction of sp³-hybridized carbons (Fsp3) is 0.545. The van der Waals surface area contributed by atoms with Crippen molar-refractivity contribution < 1.29 is 5.11 Å². The third kappa shape index (κ3) is 1.83. The first-order valence-corrected chi connectivity index (χ1v) is 5.64. The number of aliphatic hydroxyl groups is 1. The van der Waals surface area contributed by atoms with Crippen LogP contribution in [0, 0.1) is 5.41 Å². The van der Waals surface area contributed by atoms with Crippen LogP contribution in [0.5, 0.6) is 0 Å². The van der Waals surface area contributed by atoms with E-state index in [1.807, 2.05) is 13.8 Å². The van der Waals surface area contributed by atoms with Gasteiger partial charge in [0.2, 0.25) is 0 Å². The molecule has 1 saturated carbocycles. The molecule has 0 aliphatic heterocycles. The number of aromatic nitrogens is 1. The Labute approximate surface area is 99.8 Å². The lowest BCUT2D eigenvalue weighted by Crippen LogP contribution is -2.57. The molecule has 2 unspecified atom stereocenters. The number of nitrogens with one attached hydrogen (secondary N) is 1. The molecule has 1 fully saturated rings. The molecule has 0 radical (unpaired) electrons. The van der Waals surface area contributed by atoms with Crippen molar-refractivity contribution in [1.82, 2.24) is 4.98 Å². The summed E-state index contributed by atoms with van der Waals surface area (Å²) in [6.07, 6.45) is 2.01. The number of halogens is 1. The molecule has 1 aliphatic rings. The van der Waals surface area contributed by atoms with Crippen molar-refractivity contribution in [3.63, 3.8) is 0 Å². The zero-order valence-electron chi connectivity index (χ0n) is 9.37. The molecule has 2 atom stereocenters. The highest BCUT2D eigenvalue weighted by atomic mass is 35.5. The van der Waals surface area contributed by atoms with Gasteiger partial charge in [-0.1, -0.05) is 25.4 Å². The van der Waals surface area contributed by atoms with Gasteiger partial charge in [-0.3, -0.25) is 0 Å². The number of anilines is 2. The van der Waals surface area contributed by atoms with E-state index in [4.69, 9.17) is 17.3 Å². The molecule has 0 amide bonds. The second-order valence-corrected chi connectivity index (χ2v) is 5.30. The molecule has 4 nitrogen and oxygen atoms in total. The van der Waals surface area contributed by atoms with Crippen LogP contribution in [0.1, 0.15) is 20.3 Å². The van der Waals surface area contributed by atoms with Crippen LogP contribution in [0.4, 0.5) is 11.5 Å². The molecule has 88 valence electrons. The summed E-state index contributed by atoms with van der Waals surface area (Å²) in [6, 6.07) is 1.86. The molecule has 0 bridgehead atoms. The molecule has 1 aliphatic carbocycles. The Morgan fingerprint density at radius 1 is 1.62 bits per heavy atom. The van der Waals surface area contributed by atoms with Crippen molar-refractivity contribution in [2.45, 2.75) is 32.4 Å². The lowest BCUT2D eigenvalue weighted by Gasteiger charge is -2.49. The first kappa shape index (κ1) is 11.5. The molecular formula is C11H16ClN3O. The Hall–Kier alpha value is -1.00. The Morgan fingerprint density at radius 3 is 2.81 bits per heavy atom. The van der Waals surface area contributed by atoms with E-state index in [0.717, 1.165) is 6.42 Å². The topological polar surface area (TPSA) is 71.2 Å². The molecule has 1 aromatic rings. The molecular weight excluding hydrogens is 226 g/mol. The quantitative estimate of drug-likeness (QED) is 0.740. The standard InChI is InChI=1S/C11H16ClN3O/c1-11(2)8(4-9(11)16)15-10-7(13)3-6(12)5-14-10/h3,5,8-9,16H,4,13H2,1-2H3,(H,14,15). The number of hydrogen-bond donors (Lipinski definition) is 3. The maximum Gasteiger partial charge on any atom is 0.149 e. The number of nitrogens with two attached hydrogens (primary N) is 1. The Morgan fingerprint density at radius 2 is 2.31 bits per heavy atom. The minimum absolute atomic E-state index is 0.145. The van der Waals surface area contributed by atoms with E-state index < -0.39 is 0 Å². The van der Waals surface area contributed by atoms with Gasteiger partial charge in [-0.2, -0.15) is 0 Å². The van der Waals surface area contributed by atoms with E-state index in [1.165, 1.54) is 0 Å². The van der Waals surface area contributed by atoms with Gasteiger partial charge in [-0.05, 0) is 12.5 Å². The largest absolute Gasteiger partial charge is 0.396 e. The van der Waals surface area contributed by atoms with Crippen LogP contribution >= 0.6 is 11.6 Å². The van der Waals surface area contributed by atoms with Crippen molar-refractivity contribution in [3.05, 3.63) is 17.3 Å². The van der Waals surface area contributed by atoms with Crippen molar-refractivity contribution >= 4 is 23.1 Å². The molecule has 4 N–H and O–H groups in total. The van der Waals surface area contributed by atoms with Crippen LogP contribution < -0.4 is 11.1 Å². The van der Waals surface area contributed by atoms with Crippen molar-refractivity contribution in [3.8, 4) is 0 Å². The molecule has 1 heterocycles. The summed E-state index contributed by atoms with van der Waals surface area (Å²) in [5, 5.41) is 13.4. The van der Waals surface area contributed by atoms with Gasteiger partial charge in [0.1, 0.15) is 5.82 Å². The number of pyridine rings is 1. The van der Waals surface area contributed by atoms with Gasteiger partial charge < -0.3 is 16.2 Å². The van der Waals surface area contributed by atoms with Crippen LogP contribution in [0.15, 0.2) is 12.3 Å². The second-order valence-electron chi connectivity index (χ2n) is 4.86. The van der Waals surface area contributed by atoms with Crippen molar-refractivity contribution in [1.29, 1.82) is 0 Å². The first-order chi connectivity index (χ1) is 7.41. The lowest BCUT2D eigenvalue weighted by atomic mass is 9.64. The van der Waals surface area contributed by atoms with Crippen molar-refractivity contribution in [2.75, 3.05) is 11.1 Å². The molecule has 2 rings (SSSR count). The van der Waals surface area contributed by atoms with Crippen LogP contribution in [-0.2, 0) is 0 Å². The monoisotopic (exact) mass is 241 g/mol. The van der Waals surface area contributed by atoms with Gasteiger partial charge in [0.05, 0.1) is 16.8 Å². The number of nitrogen functional groups attached to an aromatic ring is 1. The highest BCUT2D eigenvalue weighted by Crippen LogP contribution is 2.42. The van der Waals surface area contributed by atoms with Crippen LogP contribution in [0.2, 0.25) is 5.02 Å². The molecule has 0 aromatic carbocycles. The molecule has 0 saturated heterocycles. The van der Waals surface area contributed by atoms with Crippen LogP contribution in [0.25, 0.3) is 0 Å². The number of aliphatic hydroxyl groups excluding tert-OH is 1. The van der Waals surface area contributed by atoms with E-state index in [-0.39, 0.29) is 17.6 Å². The predicted octanol–water partition coefficient (Wildman–Crippen LogP) is 1.89. The van der Waals surface area contributed by atoms with Crippen LogP contribution in [-0.4, -0.2) is 22.2 Å². The predicted molar refractivity (Wildman–Crippen MR) is 65.5 cm³/mol. The molecule has 1 aromatic heterocycles.